The molecule has 0 amide bonds. The molecular formula is C20H11F2N3OS. The van der Waals surface area contributed by atoms with Crippen LogP contribution in [-0.2, 0) is 0 Å². The summed E-state index contributed by atoms with van der Waals surface area (Å²) in [7, 11) is 0. The van der Waals surface area contributed by atoms with E-state index in [0.717, 1.165) is 22.0 Å². The first-order valence-electron chi connectivity index (χ1n) is 7.75. The van der Waals surface area contributed by atoms with Crippen LogP contribution in [0.1, 0.15) is 11.1 Å². The average molecular weight is 379 g/mol. The molecule has 0 aliphatic rings. The Morgan fingerprint density at radius 1 is 1.11 bits per heavy atom. The number of benzene rings is 2. The Balaban J connectivity index is 2.43. The second kappa shape index (κ2) is 7.36. The summed E-state index contributed by atoms with van der Waals surface area (Å²) in [5.41, 5.74) is -0.0760. The largest absolute Gasteiger partial charge is 0.273 e. The van der Waals surface area contributed by atoms with Crippen LogP contribution in [0, 0.1) is 41.2 Å². The lowest BCUT2D eigenvalue weighted by molar-refractivity contribution is 0.617. The zero-order chi connectivity index (χ0) is 19.6. The monoisotopic (exact) mass is 379 g/mol. The van der Waals surface area contributed by atoms with Crippen molar-refractivity contribution in [3.8, 4) is 17.8 Å². The summed E-state index contributed by atoms with van der Waals surface area (Å²) < 4.78 is 29.2. The molecule has 0 unspecified atom stereocenters. The van der Waals surface area contributed by atoms with Crippen LogP contribution in [0.4, 0.5) is 8.78 Å². The first kappa shape index (κ1) is 18.2. The van der Waals surface area contributed by atoms with E-state index >= 15 is 0 Å². The van der Waals surface area contributed by atoms with Crippen LogP contribution in [-0.4, -0.2) is 4.57 Å². The van der Waals surface area contributed by atoms with E-state index in [-0.39, 0.29) is 26.0 Å². The molecule has 0 saturated heterocycles. The molecule has 0 saturated carbocycles. The van der Waals surface area contributed by atoms with Crippen molar-refractivity contribution in [3.05, 3.63) is 84.8 Å². The third-order valence-electron chi connectivity index (χ3n) is 3.87. The highest BCUT2D eigenvalue weighted by Gasteiger charge is 2.13. The molecule has 7 heteroatoms. The number of hydrogen-bond donors (Lipinski definition) is 0. The molecule has 27 heavy (non-hydrogen) atoms. The summed E-state index contributed by atoms with van der Waals surface area (Å²) in [5, 5.41) is 18.4. The fraction of sp³-hybridized carbons (Fsp3) is 0.0500. The normalized spacial score (nSPS) is 11.1. The van der Waals surface area contributed by atoms with Gasteiger partial charge in [0.1, 0.15) is 28.4 Å². The number of aromatic nitrogens is 1. The van der Waals surface area contributed by atoms with Gasteiger partial charge < -0.3 is 0 Å². The molecule has 0 radical (unpaired) electrons. The summed E-state index contributed by atoms with van der Waals surface area (Å²) in [6.45, 7) is 1.58. The third kappa shape index (κ3) is 3.41. The minimum atomic E-state index is -0.565. The lowest BCUT2D eigenvalue weighted by atomic mass is 10.2. The average Bonchev–Trinajstić information content (AvgIpc) is 2.97. The Hall–Kier alpha value is -3.55. The van der Waals surface area contributed by atoms with Crippen molar-refractivity contribution in [1.29, 1.82) is 10.5 Å². The molecule has 2 aromatic carbocycles. The topological polar surface area (TPSA) is 69.6 Å². The summed E-state index contributed by atoms with van der Waals surface area (Å²) in [5.74, 6) is -1.03. The molecule has 3 rings (SSSR count). The van der Waals surface area contributed by atoms with Crippen molar-refractivity contribution >= 4 is 23.0 Å². The Labute approximate surface area is 156 Å². The molecular weight excluding hydrogens is 368 g/mol. The van der Waals surface area contributed by atoms with E-state index in [1.54, 1.807) is 25.1 Å². The predicted molar refractivity (Wildman–Crippen MR) is 98.5 cm³/mol. The van der Waals surface area contributed by atoms with E-state index in [1.807, 2.05) is 0 Å². The van der Waals surface area contributed by atoms with Crippen LogP contribution < -0.4 is 14.8 Å². The van der Waals surface area contributed by atoms with Crippen LogP contribution in [0.2, 0.25) is 0 Å². The maximum absolute atomic E-state index is 14.0. The summed E-state index contributed by atoms with van der Waals surface area (Å²) in [6, 6.07) is 13.6. The van der Waals surface area contributed by atoms with Gasteiger partial charge in [0.05, 0.1) is 10.2 Å². The minimum absolute atomic E-state index is 0.0656. The molecule has 3 aromatic rings. The Morgan fingerprint density at radius 3 is 2.44 bits per heavy atom. The summed E-state index contributed by atoms with van der Waals surface area (Å²) in [4.78, 5) is 12.9. The molecule has 0 aliphatic heterocycles. The predicted octanol–water partition coefficient (Wildman–Crippen LogP) is 2.51. The quantitative estimate of drug-likeness (QED) is 0.687. The van der Waals surface area contributed by atoms with Crippen molar-refractivity contribution in [2.45, 2.75) is 6.92 Å². The minimum Gasteiger partial charge on any atom is -0.267 e. The second-order valence-corrected chi connectivity index (χ2v) is 6.64. The van der Waals surface area contributed by atoms with Gasteiger partial charge in [-0.1, -0.05) is 24.3 Å². The number of hydrogen-bond acceptors (Lipinski definition) is 4. The Bertz CT molecular complexity index is 1290. The summed E-state index contributed by atoms with van der Waals surface area (Å²) >= 11 is 0.876. The third-order valence-corrected chi connectivity index (χ3v) is 4.96. The zero-order valence-electron chi connectivity index (χ0n) is 14.0. The van der Waals surface area contributed by atoms with Crippen molar-refractivity contribution in [3.63, 3.8) is 0 Å². The lowest BCUT2D eigenvalue weighted by Gasteiger charge is -2.04. The maximum Gasteiger partial charge on any atom is 0.273 e. The van der Waals surface area contributed by atoms with Gasteiger partial charge in [-0.05, 0) is 36.8 Å². The van der Waals surface area contributed by atoms with Gasteiger partial charge in [-0.3, -0.25) is 9.36 Å². The SMILES string of the molecule is Cc1ccc(-n2c(=C(C#N)C#N)s/c(=C/c3ccccc3F)c2=O)cc1F. The molecule has 0 N–H and O–H groups in total. The fourth-order valence-electron chi connectivity index (χ4n) is 2.46. The number of rotatable bonds is 2. The second-order valence-electron chi connectivity index (χ2n) is 5.61. The van der Waals surface area contributed by atoms with Crippen LogP contribution >= 0.6 is 11.3 Å². The van der Waals surface area contributed by atoms with Crippen molar-refractivity contribution in [2.75, 3.05) is 0 Å². The first-order valence-corrected chi connectivity index (χ1v) is 8.57. The first-order chi connectivity index (χ1) is 13.0. The van der Waals surface area contributed by atoms with Crippen molar-refractivity contribution in [2.24, 2.45) is 0 Å². The number of aryl methyl sites for hydroxylation is 1. The standard InChI is InChI=1S/C20H11F2N3OS/c1-12-6-7-15(9-17(12)22)25-19(26)18(27-20(25)14(10-23)11-24)8-13-4-2-3-5-16(13)21/h2-9H,1H3/b18-8+. The molecule has 0 aliphatic carbocycles. The van der Waals surface area contributed by atoms with Crippen molar-refractivity contribution < 1.29 is 8.78 Å². The number of thiazole rings is 1. The fourth-order valence-corrected chi connectivity index (χ4v) is 3.51. The van der Waals surface area contributed by atoms with Gasteiger partial charge in [0.25, 0.3) is 5.56 Å². The van der Waals surface area contributed by atoms with Gasteiger partial charge in [0.15, 0.2) is 5.57 Å². The molecule has 1 aromatic heterocycles. The highest BCUT2D eigenvalue weighted by atomic mass is 32.1. The van der Waals surface area contributed by atoms with Crippen LogP contribution in [0.3, 0.4) is 0 Å². The van der Waals surface area contributed by atoms with Crippen LogP contribution in [0.15, 0.2) is 47.3 Å². The van der Waals surface area contributed by atoms with E-state index < -0.39 is 17.2 Å². The molecule has 132 valence electrons. The van der Waals surface area contributed by atoms with Gasteiger partial charge in [0, 0.05) is 5.56 Å². The molecule has 4 nitrogen and oxygen atoms in total. The van der Waals surface area contributed by atoms with E-state index in [1.165, 1.54) is 36.4 Å². The molecule has 0 atom stereocenters. The Kier molecular flexibility index (Phi) is 4.98. The van der Waals surface area contributed by atoms with E-state index in [2.05, 4.69) is 0 Å². The van der Waals surface area contributed by atoms with Gasteiger partial charge in [-0.2, -0.15) is 10.5 Å². The van der Waals surface area contributed by atoms with E-state index in [9.17, 15) is 24.1 Å². The molecule has 0 fully saturated rings. The zero-order valence-corrected chi connectivity index (χ0v) is 14.8. The molecule has 1 heterocycles. The Morgan fingerprint density at radius 2 is 1.81 bits per heavy atom. The summed E-state index contributed by atoms with van der Waals surface area (Å²) in [6.07, 6.45) is 1.35. The highest BCUT2D eigenvalue weighted by molar-refractivity contribution is 7.07. The van der Waals surface area contributed by atoms with Gasteiger partial charge in [-0.25, -0.2) is 8.78 Å². The van der Waals surface area contributed by atoms with Gasteiger partial charge in [0.2, 0.25) is 0 Å². The maximum atomic E-state index is 14.0. The number of nitrogens with zero attached hydrogens (tertiary/aromatic N) is 3. The van der Waals surface area contributed by atoms with Crippen LogP contribution in [0.25, 0.3) is 17.3 Å². The van der Waals surface area contributed by atoms with Crippen molar-refractivity contribution in [1.82, 2.24) is 4.57 Å². The van der Waals surface area contributed by atoms with Gasteiger partial charge in [-0.15, -0.1) is 11.3 Å². The van der Waals surface area contributed by atoms with E-state index in [4.69, 9.17) is 0 Å². The number of halogens is 2. The lowest BCUT2D eigenvalue weighted by Crippen LogP contribution is -2.30. The van der Waals surface area contributed by atoms with Gasteiger partial charge >= 0.3 is 0 Å². The molecule has 0 bridgehead atoms. The molecule has 0 spiro atoms. The van der Waals surface area contributed by atoms with Crippen LogP contribution in [0.5, 0.6) is 0 Å². The highest BCUT2D eigenvalue weighted by Crippen LogP contribution is 2.12. The smallest absolute Gasteiger partial charge is 0.267 e. The van der Waals surface area contributed by atoms with E-state index in [0.29, 0.717) is 5.56 Å². The number of nitriles is 2.